The molecule has 238 valence electrons. The van der Waals surface area contributed by atoms with Crippen molar-refractivity contribution in [2.45, 2.75) is 52.5 Å². The van der Waals surface area contributed by atoms with Crippen LogP contribution in [0.1, 0.15) is 68.4 Å². The van der Waals surface area contributed by atoms with Gasteiger partial charge in [0.25, 0.3) is 5.91 Å². The maximum absolute atomic E-state index is 13.3. The molecule has 11 nitrogen and oxygen atoms in total. The van der Waals surface area contributed by atoms with Crippen LogP contribution in [0.2, 0.25) is 0 Å². The highest BCUT2D eigenvalue weighted by Crippen LogP contribution is 2.28. The number of nitrogens with one attached hydrogen (secondary N) is 3. The van der Waals surface area contributed by atoms with Crippen molar-refractivity contribution in [1.82, 2.24) is 25.2 Å². The summed E-state index contributed by atoms with van der Waals surface area (Å²) in [6.07, 6.45) is 3.85. The normalized spacial score (nSPS) is 16.5. The molecule has 0 fully saturated rings. The van der Waals surface area contributed by atoms with Gasteiger partial charge in [0, 0.05) is 31.5 Å². The van der Waals surface area contributed by atoms with Crippen LogP contribution in [-0.4, -0.2) is 79.4 Å². The van der Waals surface area contributed by atoms with Crippen molar-refractivity contribution >= 4 is 23.5 Å². The van der Waals surface area contributed by atoms with E-state index in [1.165, 1.54) is 0 Å². The van der Waals surface area contributed by atoms with Gasteiger partial charge in [-0.1, -0.05) is 50.6 Å². The molecule has 0 radical (unpaired) electrons. The van der Waals surface area contributed by atoms with Gasteiger partial charge in [-0.2, -0.15) is 15.0 Å². The summed E-state index contributed by atoms with van der Waals surface area (Å²) in [6, 6.07) is 15.6. The fourth-order valence-electron chi connectivity index (χ4n) is 5.14. The minimum absolute atomic E-state index is 0.0871. The summed E-state index contributed by atoms with van der Waals surface area (Å²) in [4.78, 5) is 29.1. The highest BCUT2D eigenvalue weighted by molar-refractivity contribution is 5.97. The van der Waals surface area contributed by atoms with Crippen molar-refractivity contribution in [3.05, 3.63) is 59.7 Å². The minimum atomic E-state index is -0.171. The molecule has 2 aromatic carbocycles. The summed E-state index contributed by atoms with van der Waals surface area (Å²) >= 11 is 0. The van der Waals surface area contributed by atoms with E-state index in [4.69, 9.17) is 14.2 Å². The quantitative estimate of drug-likeness (QED) is 0.305. The molecule has 1 aliphatic heterocycles. The van der Waals surface area contributed by atoms with E-state index in [-0.39, 0.29) is 23.4 Å². The molecule has 11 heteroatoms. The first-order valence-corrected chi connectivity index (χ1v) is 15.5. The molecule has 3 N–H and O–H groups in total. The zero-order valence-corrected chi connectivity index (χ0v) is 26.7. The Balaban J connectivity index is 1.62. The second-order valence-corrected chi connectivity index (χ2v) is 12.1. The van der Waals surface area contributed by atoms with Crippen molar-refractivity contribution < 1.29 is 19.0 Å². The molecular weight excluding hydrogens is 558 g/mol. The molecule has 0 saturated carbocycles. The van der Waals surface area contributed by atoms with Crippen molar-refractivity contribution in [2.24, 2.45) is 5.41 Å². The number of fused-ring (bicyclic) bond motifs is 4. The number of hydrogen-bond acceptors (Lipinski definition) is 10. The van der Waals surface area contributed by atoms with E-state index in [0.29, 0.717) is 61.9 Å². The summed E-state index contributed by atoms with van der Waals surface area (Å²) in [5.74, 6) is 0.990. The molecule has 3 aromatic rings. The lowest BCUT2D eigenvalue weighted by Gasteiger charge is -2.28. The molecule has 44 heavy (non-hydrogen) atoms. The zero-order chi connectivity index (χ0) is 31.4. The van der Waals surface area contributed by atoms with Crippen LogP contribution in [0.15, 0.2) is 48.5 Å². The fraction of sp³-hybridized carbons (Fsp3) is 0.515. The van der Waals surface area contributed by atoms with Crippen LogP contribution in [0.3, 0.4) is 0 Å². The summed E-state index contributed by atoms with van der Waals surface area (Å²) in [6.45, 7) is 9.56. The number of amides is 1. The van der Waals surface area contributed by atoms with E-state index in [1.54, 1.807) is 6.07 Å². The molecule has 4 rings (SSSR count). The Morgan fingerprint density at radius 1 is 1.02 bits per heavy atom. The van der Waals surface area contributed by atoms with Crippen LogP contribution in [0.5, 0.6) is 11.8 Å². The van der Waals surface area contributed by atoms with Crippen molar-refractivity contribution in [3.63, 3.8) is 0 Å². The Kier molecular flexibility index (Phi) is 12.1. The Morgan fingerprint density at radius 3 is 2.52 bits per heavy atom. The van der Waals surface area contributed by atoms with Gasteiger partial charge in [-0.3, -0.25) is 4.79 Å². The van der Waals surface area contributed by atoms with Crippen LogP contribution in [0, 0.1) is 5.41 Å². The minimum Gasteiger partial charge on any atom is -0.493 e. The van der Waals surface area contributed by atoms with Crippen LogP contribution in [0.4, 0.5) is 17.6 Å². The Labute approximate surface area is 261 Å². The Morgan fingerprint density at radius 2 is 1.77 bits per heavy atom. The lowest BCUT2D eigenvalue weighted by molar-refractivity contribution is 0.0925. The highest BCUT2D eigenvalue weighted by Gasteiger charge is 2.22. The Bertz CT molecular complexity index is 1340. The standard InChI is InChI=1S/C33H47N7O4/c1-6-43-32-38-30-35-25-16-17-26(29(41)34-22-33(2,3)23-40(4)5)28(20-25)44-19-13-8-7-12-18-42-21-27(36-31(37-30)39-32)24-14-10-9-11-15-24/h9-11,14-17,20,27H,6-8,12-13,18-19,21-23H2,1-5H3,(H,34,41)(H2,35,36,37,38,39). The third kappa shape index (κ3) is 10.3. The van der Waals surface area contributed by atoms with Gasteiger partial charge in [-0.05, 0) is 63.4 Å². The van der Waals surface area contributed by atoms with Crippen LogP contribution < -0.4 is 25.4 Å². The topological polar surface area (TPSA) is 123 Å². The number of hydrogen-bond donors (Lipinski definition) is 3. The summed E-state index contributed by atoms with van der Waals surface area (Å²) in [7, 11) is 4.07. The average Bonchev–Trinajstić information content (AvgIpc) is 2.98. The lowest BCUT2D eigenvalue weighted by Crippen LogP contribution is -2.40. The predicted octanol–water partition coefficient (Wildman–Crippen LogP) is 5.45. The SMILES string of the molecule is CCOc1nc2nc(n1)NC(c1ccccc1)COCCCCCCOc1cc(ccc1C(=O)NCC(C)(C)CN(C)C)N2. The van der Waals surface area contributed by atoms with Gasteiger partial charge in [0.15, 0.2) is 0 Å². The van der Waals surface area contributed by atoms with E-state index in [9.17, 15) is 4.79 Å². The molecule has 0 aliphatic carbocycles. The van der Waals surface area contributed by atoms with Gasteiger partial charge in [-0.25, -0.2) is 0 Å². The number of anilines is 3. The van der Waals surface area contributed by atoms with Crippen molar-refractivity contribution in [1.29, 1.82) is 0 Å². The number of rotatable bonds is 8. The summed E-state index contributed by atoms with van der Waals surface area (Å²) in [5, 5.41) is 9.78. The van der Waals surface area contributed by atoms with Crippen molar-refractivity contribution in [3.8, 4) is 11.8 Å². The van der Waals surface area contributed by atoms with Gasteiger partial charge >= 0.3 is 6.01 Å². The monoisotopic (exact) mass is 605 g/mol. The molecule has 0 spiro atoms. The van der Waals surface area contributed by atoms with Crippen LogP contribution in [0.25, 0.3) is 0 Å². The molecule has 0 saturated heterocycles. The van der Waals surface area contributed by atoms with E-state index < -0.39 is 0 Å². The van der Waals surface area contributed by atoms with E-state index in [1.807, 2.05) is 51.4 Å². The molecule has 1 aliphatic rings. The average molecular weight is 606 g/mol. The second-order valence-electron chi connectivity index (χ2n) is 12.1. The molecule has 1 unspecified atom stereocenters. The van der Waals surface area contributed by atoms with E-state index >= 15 is 0 Å². The molecule has 1 aromatic heterocycles. The fourth-order valence-corrected chi connectivity index (χ4v) is 5.14. The number of benzene rings is 2. The number of carbonyl (C=O) groups excluding carboxylic acids is 1. The highest BCUT2D eigenvalue weighted by atomic mass is 16.5. The molecular formula is C33H47N7O4. The van der Waals surface area contributed by atoms with Gasteiger partial charge < -0.3 is 35.1 Å². The predicted molar refractivity (Wildman–Crippen MR) is 173 cm³/mol. The van der Waals surface area contributed by atoms with Crippen LogP contribution >= 0.6 is 0 Å². The third-order valence-electron chi connectivity index (χ3n) is 7.07. The second kappa shape index (κ2) is 16.2. The first-order chi connectivity index (χ1) is 21.2. The maximum atomic E-state index is 13.3. The first-order valence-electron chi connectivity index (χ1n) is 15.5. The van der Waals surface area contributed by atoms with Gasteiger partial charge in [-0.15, -0.1) is 0 Å². The van der Waals surface area contributed by atoms with E-state index in [0.717, 1.165) is 37.8 Å². The van der Waals surface area contributed by atoms with Gasteiger partial charge in [0.05, 0.1) is 31.4 Å². The number of aromatic nitrogens is 3. The summed E-state index contributed by atoms with van der Waals surface area (Å²) in [5.41, 5.74) is 2.14. The largest absolute Gasteiger partial charge is 0.493 e. The van der Waals surface area contributed by atoms with Gasteiger partial charge in [0.2, 0.25) is 11.9 Å². The molecule has 1 atom stereocenters. The first kappa shape index (κ1) is 32.9. The number of ether oxygens (including phenoxy) is 3. The van der Waals surface area contributed by atoms with E-state index in [2.05, 4.69) is 61.8 Å². The zero-order valence-electron chi connectivity index (χ0n) is 26.7. The lowest BCUT2D eigenvalue weighted by atomic mass is 9.93. The van der Waals surface area contributed by atoms with Crippen molar-refractivity contribution in [2.75, 3.05) is 64.2 Å². The third-order valence-corrected chi connectivity index (χ3v) is 7.07. The Hall–Kier alpha value is -3.96. The molecule has 4 bridgehead atoms. The van der Waals surface area contributed by atoms with Crippen LogP contribution in [-0.2, 0) is 4.74 Å². The maximum Gasteiger partial charge on any atom is 0.323 e. The summed E-state index contributed by atoms with van der Waals surface area (Å²) < 4.78 is 17.9. The number of carbonyl (C=O) groups is 1. The van der Waals surface area contributed by atoms with Gasteiger partial charge in [0.1, 0.15) is 5.75 Å². The molecule has 2 heterocycles. The smallest absolute Gasteiger partial charge is 0.323 e. The molecule has 1 amide bonds. The number of nitrogens with zero attached hydrogens (tertiary/aromatic N) is 4.